The number of halogens is 1. The lowest BCUT2D eigenvalue weighted by Crippen LogP contribution is -2.39. The molecule has 0 unspecified atom stereocenters. The SMILES string of the molecule is Cc1cc(S(=O)(=O)N[C@@H](C)CC(=O)N[C@@H]2CCCc3cc(CNC4CCCC4)ccc32)c(C)cc1Cl. The standard InChI is InChI=1S/C28H38ClN3O3S/c1-18-14-27(19(2)13-25(18)29)36(34,35)32-20(3)15-28(33)31-26-10-6-7-22-16-21(11-12-24(22)26)17-30-23-8-4-5-9-23/h11-14,16,20,23,26,30,32H,4-10,15,17H2,1-3H3,(H,31,33)/t20-,26+/m0/s1. The highest BCUT2D eigenvalue weighted by atomic mass is 35.5. The van der Waals surface area contributed by atoms with Crippen LogP contribution in [0, 0.1) is 13.8 Å². The summed E-state index contributed by atoms with van der Waals surface area (Å²) in [5.74, 6) is -0.154. The van der Waals surface area contributed by atoms with Gasteiger partial charge in [0.15, 0.2) is 0 Å². The minimum atomic E-state index is -3.77. The molecule has 0 saturated heterocycles. The molecule has 196 valence electrons. The maximum absolute atomic E-state index is 12.9. The summed E-state index contributed by atoms with van der Waals surface area (Å²) in [5, 5.41) is 7.36. The Labute approximate surface area is 220 Å². The summed E-state index contributed by atoms with van der Waals surface area (Å²) in [6.45, 7) is 6.09. The van der Waals surface area contributed by atoms with Crippen LogP contribution in [0.1, 0.15) is 85.7 Å². The van der Waals surface area contributed by atoms with Crippen LogP contribution in [0.3, 0.4) is 0 Å². The molecule has 0 heterocycles. The summed E-state index contributed by atoms with van der Waals surface area (Å²) in [6, 6.07) is 9.88. The van der Waals surface area contributed by atoms with E-state index in [1.165, 1.54) is 42.4 Å². The van der Waals surface area contributed by atoms with Gasteiger partial charge >= 0.3 is 0 Å². The van der Waals surface area contributed by atoms with E-state index in [0.29, 0.717) is 22.2 Å². The van der Waals surface area contributed by atoms with Crippen LogP contribution in [0.4, 0.5) is 0 Å². The van der Waals surface area contributed by atoms with E-state index in [9.17, 15) is 13.2 Å². The number of sulfonamides is 1. The molecule has 36 heavy (non-hydrogen) atoms. The Morgan fingerprint density at radius 1 is 1.06 bits per heavy atom. The highest BCUT2D eigenvalue weighted by molar-refractivity contribution is 7.89. The zero-order valence-corrected chi connectivity index (χ0v) is 23.1. The van der Waals surface area contributed by atoms with Crippen molar-refractivity contribution in [2.45, 2.75) is 102 Å². The van der Waals surface area contributed by atoms with Crippen molar-refractivity contribution in [2.75, 3.05) is 0 Å². The van der Waals surface area contributed by atoms with Gasteiger partial charge in [0.25, 0.3) is 0 Å². The molecule has 2 atom stereocenters. The predicted molar refractivity (Wildman–Crippen MR) is 145 cm³/mol. The molecule has 2 aliphatic rings. The van der Waals surface area contributed by atoms with E-state index in [2.05, 4.69) is 33.6 Å². The van der Waals surface area contributed by atoms with Gasteiger partial charge in [-0.05, 0) is 92.8 Å². The minimum Gasteiger partial charge on any atom is -0.349 e. The Balaban J connectivity index is 1.34. The molecule has 1 saturated carbocycles. The molecule has 0 aliphatic heterocycles. The number of rotatable bonds is 9. The fraction of sp³-hybridized carbons (Fsp3) is 0.536. The van der Waals surface area contributed by atoms with Crippen LogP contribution in [-0.2, 0) is 27.8 Å². The third-order valence-electron chi connectivity index (χ3n) is 7.40. The molecule has 3 N–H and O–H groups in total. The fourth-order valence-corrected chi connectivity index (χ4v) is 7.24. The van der Waals surface area contributed by atoms with Gasteiger partial charge in [-0.2, -0.15) is 0 Å². The van der Waals surface area contributed by atoms with Crippen molar-refractivity contribution in [3.63, 3.8) is 0 Å². The normalized spacial score (nSPS) is 19.2. The van der Waals surface area contributed by atoms with Crippen molar-refractivity contribution in [1.82, 2.24) is 15.4 Å². The first-order valence-corrected chi connectivity index (χ1v) is 14.9. The Bertz CT molecular complexity index is 1210. The van der Waals surface area contributed by atoms with Gasteiger partial charge < -0.3 is 10.6 Å². The second-order valence-electron chi connectivity index (χ2n) is 10.5. The van der Waals surface area contributed by atoms with E-state index in [-0.39, 0.29) is 23.3 Å². The molecular formula is C28H38ClN3O3S. The summed E-state index contributed by atoms with van der Waals surface area (Å²) in [7, 11) is -3.77. The van der Waals surface area contributed by atoms with Gasteiger partial charge in [0.1, 0.15) is 0 Å². The molecule has 0 spiro atoms. The number of amides is 1. The lowest BCUT2D eigenvalue weighted by molar-refractivity contribution is -0.122. The van der Waals surface area contributed by atoms with Crippen molar-refractivity contribution in [3.8, 4) is 0 Å². The van der Waals surface area contributed by atoms with Gasteiger partial charge in [-0.3, -0.25) is 4.79 Å². The zero-order chi connectivity index (χ0) is 25.9. The number of fused-ring (bicyclic) bond motifs is 1. The molecule has 6 nitrogen and oxygen atoms in total. The number of carbonyl (C=O) groups excluding carboxylic acids is 1. The molecule has 0 aromatic heterocycles. The van der Waals surface area contributed by atoms with E-state index in [1.54, 1.807) is 32.9 Å². The molecule has 1 fully saturated rings. The van der Waals surface area contributed by atoms with Gasteiger partial charge in [-0.1, -0.05) is 42.6 Å². The summed E-state index contributed by atoms with van der Waals surface area (Å²) < 4.78 is 28.5. The Hall–Kier alpha value is -1.93. The molecular weight excluding hydrogens is 494 g/mol. The van der Waals surface area contributed by atoms with Crippen molar-refractivity contribution in [3.05, 3.63) is 63.2 Å². The Morgan fingerprint density at radius 3 is 2.56 bits per heavy atom. The van der Waals surface area contributed by atoms with Crippen LogP contribution in [0.5, 0.6) is 0 Å². The maximum atomic E-state index is 12.9. The monoisotopic (exact) mass is 531 g/mol. The van der Waals surface area contributed by atoms with E-state index >= 15 is 0 Å². The van der Waals surface area contributed by atoms with E-state index < -0.39 is 16.1 Å². The number of hydrogen-bond donors (Lipinski definition) is 3. The Morgan fingerprint density at radius 2 is 1.81 bits per heavy atom. The smallest absolute Gasteiger partial charge is 0.241 e. The number of benzene rings is 2. The first-order valence-electron chi connectivity index (χ1n) is 13.1. The lowest BCUT2D eigenvalue weighted by Gasteiger charge is -2.28. The number of hydrogen-bond acceptors (Lipinski definition) is 4. The van der Waals surface area contributed by atoms with Crippen LogP contribution in [-0.4, -0.2) is 26.4 Å². The highest BCUT2D eigenvalue weighted by Crippen LogP contribution is 2.31. The second-order valence-corrected chi connectivity index (χ2v) is 12.6. The Kier molecular flexibility index (Phi) is 8.76. The van der Waals surface area contributed by atoms with E-state index in [4.69, 9.17) is 11.6 Å². The summed E-state index contributed by atoms with van der Waals surface area (Å²) in [6.07, 6.45) is 8.19. The van der Waals surface area contributed by atoms with Crippen LogP contribution < -0.4 is 15.4 Å². The first-order chi connectivity index (χ1) is 17.1. The number of nitrogens with one attached hydrogen (secondary N) is 3. The summed E-state index contributed by atoms with van der Waals surface area (Å²) >= 11 is 6.12. The predicted octanol–water partition coefficient (Wildman–Crippen LogP) is 5.24. The van der Waals surface area contributed by atoms with Crippen molar-refractivity contribution >= 4 is 27.5 Å². The fourth-order valence-electron chi connectivity index (χ4n) is 5.47. The molecule has 4 rings (SSSR count). The average molecular weight is 532 g/mol. The molecule has 2 aromatic rings. The third kappa shape index (κ3) is 6.68. The van der Waals surface area contributed by atoms with Crippen molar-refractivity contribution < 1.29 is 13.2 Å². The minimum absolute atomic E-state index is 0.0388. The van der Waals surface area contributed by atoms with E-state index in [0.717, 1.165) is 25.8 Å². The number of aryl methyl sites for hydroxylation is 3. The largest absolute Gasteiger partial charge is 0.349 e. The van der Waals surface area contributed by atoms with Gasteiger partial charge in [-0.15, -0.1) is 0 Å². The molecule has 0 bridgehead atoms. The van der Waals surface area contributed by atoms with Crippen LogP contribution in [0.15, 0.2) is 35.2 Å². The van der Waals surface area contributed by atoms with Crippen LogP contribution in [0.25, 0.3) is 0 Å². The van der Waals surface area contributed by atoms with Crippen LogP contribution in [0.2, 0.25) is 5.02 Å². The van der Waals surface area contributed by atoms with Crippen LogP contribution >= 0.6 is 11.6 Å². The average Bonchev–Trinajstić information content (AvgIpc) is 3.33. The van der Waals surface area contributed by atoms with Gasteiger partial charge in [0, 0.05) is 30.1 Å². The zero-order valence-electron chi connectivity index (χ0n) is 21.5. The van der Waals surface area contributed by atoms with Crippen molar-refractivity contribution in [1.29, 1.82) is 0 Å². The molecule has 2 aromatic carbocycles. The maximum Gasteiger partial charge on any atom is 0.241 e. The van der Waals surface area contributed by atoms with E-state index in [1.807, 2.05) is 0 Å². The molecule has 0 radical (unpaired) electrons. The van der Waals surface area contributed by atoms with Gasteiger partial charge in [0.05, 0.1) is 10.9 Å². The quantitative estimate of drug-likeness (QED) is 0.413. The van der Waals surface area contributed by atoms with Gasteiger partial charge in [-0.25, -0.2) is 13.1 Å². The summed E-state index contributed by atoms with van der Waals surface area (Å²) in [5.41, 5.74) is 5.05. The van der Waals surface area contributed by atoms with Gasteiger partial charge in [0.2, 0.25) is 15.9 Å². The highest BCUT2D eigenvalue weighted by Gasteiger charge is 2.25. The number of carbonyl (C=O) groups is 1. The molecule has 1 amide bonds. The lowest BCUT2D eigenvalue weighted by atomic mass is 9.86. The third-order valence-corrected chi connectivity index (χ3v) is 9.54. The topological polar surface area (TPSA) is 87.3 Å². The summed E-state index contributed by atoms with van der Waals surface area (Å²) in [4.78, 5) is 13.1. The van der Waals surface area contributed by atoms with Crippen molar-refractivity contribution in [2.24, 2.45) is 0 Å². The second kappa shape index (κ2) is 11.6. The molecule has 2 aliphatic carbocycles. The first kappa shape index (κ1) is 27.1. The molecule has 8 heteroatoms.